The molecule has 1 aliphatic heterocycles. The minimum atomic E-state index is -1.26. The highest BCUT2D eigenvalue weighted by Gasteiger charge is 2.34. The van der Waals surface area contributed by atoms with Crippen molar-refractivity contribution in [3.05, 3.63) is 63.0 Å². The number of aromatic carboxylic acids is 1. The van der Waals surface area contributed by atoms with Crippen LogP contribution in [0.25, 0.3) is 6.08 Å². The van der Waals surface area contributed by atoms with Gasteiger partial charge in [-0.2, -0.15) is 5.01 Å². The van der Waals surface area contributed by atoms with Crippen molar-refractivity contribution >= 4 is 63.8 Å². The summed E-state index contributed by atoms with van der Waals surface area (Å²) >= 11 is 12.1. The molecule has 0 atom stereocenters. The minimum absolute atomic E-state index is 0.0197. The number of thiocarbonyl (C=S) groups is 1. The molecule has 0 unspecified atom stereocenters. The molecule has 0 saturated carbocycles. The standard InChI is InChI=1S/C20H15ClN2O6S2/c1-28-13-8-7-10(15(19(26)27)16(13)29-2)9-14-18(25)23(20(30)31-14)22-17(24)11-5-3-4-6-12(11)21/h3-9H,1-2H3,(H,22,24)(H,26,27)/b14-9+. The van der Waals surface area contributed by atoms with Gasteiger partial charge in [-0.05, 0) is 42.1 Å². The number of benzene rings is 2. The van der Waals surface area contributed by atoms with Gasteiger partial charge < -0.3 is 14.6 Å². The molecule has 0 radical (unpaired) electrons. The Balaban J connectivity index is 1.93. The summed E-state index contributed by atoms with van der Waals surface area (Å²) in [6, 6.07) is 9.37. The zero-order chi connectivity index (χ0) is 22.7. The van der Waals surface area contributed by atoms with Crippen LogP contribution in [-0.2, 0) is 4.79 Å². The zero-order valence-corrected chi connectivity index (χ0v) is 18.6. The molecule has 160 valence electrons. The van der Waals surface area contributed by atoms with Crippen LogP contribution in [0.15, 0.2) is 41.3 Å². The Morgan fingerprint density at radius 2 is 1.90 bits per heavy atom. The summed E-state index contributed by atoms with van der Waals surface area (Å²) < 4.78 is 10.4. The fourth-order valence-electron chi connectivity index (χ4n) is 2.80. The Bertz CT molecular complexity index is 1130. The SMILES string of the molecule is COc1ccc(/C=C2/SC(=S)N(NC(=O)c3ccccc3Cl)C2=O)c(C(=O)O)c1OC. The highest BCUT2D eigenvalue weighted by molar-refractivity contribution is 8.26. The first-order valence-electron chi connectivity index (χ1n) is 8.60. The lowest BCUT2D eigenvalue weighted by Crippen LogP contribution is -2.44. The van der Waals surface area contributed by atoms with Crippen molar-refractivity contribution in [2.75, 3.05) is 14.2 Å². The van der Waals surface area contributed by atoms with Gasteiger partial charge in [-0.15, -0.1) is 0 Å². The van der Waals surface area contributed by atoms with Crippen molar-refractivity contribution in [1.82, 2.24) is 10.4 Å². The monoisotopic (exact) mass is 478 g/mol. The molecule has 0 bridgehead atoms. The van der Waals surface area contributed by atoms with Crippen LogP contribution in [0.5, 0.6) is 11.5 Å². The van der Waals surface area contributed by atoms with Crippen LogP contribution >= 0.6 is 35.6 Å². The third-order valence-corrected chi connectivity index (χ3v) is 5.84. The molecule has 0 spiro atoms. The number of carbonyl (C=O) groups excluding carboxylic acids is 2. The Morgan fingerprint density at radius 3 is 2.52 bits per heavy atom. The predicted molar refractivity (Wildman–Crippen MR) is 120 cm³/mol. The maximum absolute atomic E-state index is 12.8. The molecule has 2 aromatic carbocycles. The van der Waals surface area contributed by atoms with E-state index in [1.165, 1.54) is 38.5 Å². The number of halogens is 1. The molecule has 2 aromatic rings. The molecule has 3 rings (SSSR count). The number of ether oxygens (including phenoxy) is 2. The molecule has 1 heterocycles. The van der Waals surface area contributed by atoms with E-state index in [1.54, 1.807) is 18.2 Å². The smallest absolute Gasteiger partial charge is 0.340 e. The molecular weight excluding hydrogens is 464 g/mol. The number of thioether (sulfide) groups is 1. The summed E-state index contributed by atoms with van der Waals surface area (Å²) in [7, 11) is 2.70. The van der Waals surface area contributed by atoms with Crippen molar-refractivity contribution < 1.29 is 29.0 Å². The first-order valence-corrected chi connectivity index (χ1v) is 10.2. The summed E-state index contributed by atoms with van der Waals surface area (Å²) in [5.74, 6) is -2.23. The van der Waals surface area contributed by atoms with Crippen LogP contribution in [0, 0.1) is 0 Å². The van der Waals surface area contributed by atoms with E-state index in [2.05, 4.69) is 5.43 Å². The average Bonchev–Trinajstić information content (AvgIpc) is 3.00. The maximum Gasteiger partial charge on any atom is 0.340 e. The van der Waals surface area contributed by atoms with E-state index in [0.717, 1.165) is 16.8 Å². The fraction of sp³-hybridized carbons (Fsp3) is 0.100. The Hall–Kier alpha value is -3.08. The Kier molecular flexibility index (Phi) is 6.84. The lowest BCUT2D eigenvalue weighted by molar-refractivity contribution is -0.123. The van der Waals surface area contributed by atoms with E-state index in [9.17, 15) is 19.5 Å². The zero-order valence-electron chi connectivity index (χ0n) is 16.2. The molecular formula is C20H15ClN2O6S2. The molecule has 8 nitrogen and oxygen atoms in total. The summed E-state index contributed by atoms with van der Waals surface area (Å²) in [5.41, 5.74) is 2.64. The molecule has 0 aromatic heterocycles. The van der Waals surface area contributed by atoms with E-state index < -0.39 is 17.8 Å². The normalized spacial score (nSPS) is 14.7. The predicted octanol–water partition coefficient (Wildman–Crippen LogP) is 3.60. The van der Waals surface area contributed by atoms with E-state index in [-0.39, 0.29) is 42.4 Å². The Labute approximate surface area is 191 Å². The second-order valence-corrected chi connectivity index (χ2v) is 8.09. The van der Waals surface area contributed by atoms with E-state index in [4.69, 9.17) is 33.3 Å². The van der Waals surface area contributed by atoms with Crippen molar-refractivity contribution in [2.45, 2.75) is 0 Å². The lowest BCUT2D eigenvalue weighted by atomic mass is 10.0. The number of nitrogens with zero attached hydrogens (tertiary/aromatic N) is 1. The number of carbonyl (C=O) groups is 3. The molecule has 11 heteroatoms. The molecule has 0 aliphatic carbocycles. The van der Waals surface area contributed by atoms with Crippen LogP contribution in [0.2, 0.25) is 5.02 Å². The van der Waals surface area contributed by atoms with Crippen LogP contribution < -0.4 is 14.9 Å². The number of rotatable bonds is 6. The summed E-state index contributed by atoms with van der Waals surface area (Å²) in [6.45, 7) is 0. The van der Waals surface area contributed by atoms with Gasteiger partial charge in [-0.3, -0.25) is 15.0 Å². The van der Waals surface area contributed by atoms with E-state index >= 15 is 0 Å². The first-order chi connectivity index (χ1) is 14.8. The summed E-state index contributed by atoms with van der Waals surface area (Å²) in [5, 5.41) is 10.8. The van der Waals surface area contributed by atoms with E-state index in [0.29, 0.717) is 0 Å². The van der Waals surface area contributed by atoms with Crippen LogP contribution in [0.1, 0.15) is 26.3 Å². The van der Waals surface area contributed by atoms with Gasteiger partial charge in [0.05, 0.1) is 29.7 Å². The van der Waals surface area contributed by atoms with E-state index in [1.807, 2.05) is 0 Å². The van der Waals surface area contributed by atoms with Crippen molar-refractivity contribution in [1.29, 1.82) is 0 Å². The van der Waals surface area contributed by atoms with Gasteiger partial charge in [-0.1, -0.05) is 41.6 Å². The summed E-state index contributed by atoms with van der Waals surface area (Å²) in [4.78, 5) is 37.3. The van der Waals surface area contributed by atoms with Gasteiger partial charge in [-0.25, -0.2) is 4.79 Å². The third kappa shape index (κ3) is 4.50. The first kappa shape index (κ1) is 22.6. The topological polar surface area (TPSA) is 105 Å². The lowest BCUT2D eigenvalue weighted by Gasteiger charge is -2.16. The highest BCUT2D eigenvalue weighted by Crippen LogP contribution is 2.37. The minimum Gasteiger partial charge on any atom is -0.493 e. The van der Waals surface area contributed by atoms with Crippen LogP contribution in [0.4, 0.5) is 0 Å². The van der Waals surface area contributed by atoms with Crippen molar-refractivity contribution in [3.63, 3.8) is 0 Å². The van der Waals surface area contributed by atoms with Crippen LogP contribution in [0.3, 0.4) is 0 Å². The number of hydrogen-bond donors (Lipinski definition) is 2. The fourth-order valence-corrected chi connectivity index (χ4v) is 4.19. The number of methoxy groups -OCH3 is 2. The molecule has 31 heavy (non-hydrogen) atoms. The maximum atomic E-state index is 12.8. The number of hydrazine groups is 1. The van der Waals surface area contributed by atoms with Gasteiger partial charge >= 0.3 is 5.97 Å². The molecule has 2 amide bonds. The van der Waals surface area contributed by atoms with Crippen molar-refractivity contribution in [3.8, 4) is 11.5 Å². The second kappa shape index (κ2) is 9.38. The van der Waals surface area contributed by atoms with Crippen molar-refractivity contribution in [2.24, 2.45) is 0 Å². The van der Waals surface area contributed by atoms with Gasteiger partial charge in [0, 0.05) is 0 Å². The highest BCUT2D eigenvalue weighted by atomic mass is 35.5. The van der Waals surface area contributed by atoms with Gasteiger partial charge in [0.15, 0.2) is 15.8 Å². The molecule has 1 saturated heterocycles. The number of nitrogens with one attached hydrogen (secondary N) is 1. The molecule has 1 fully saturated rings. The number of amides is 2. The van der Waals surface area contributed by atoms with Gasteiger partial charge in [0.1, 0.15) is 5.56 Å². The van der Waals surface area contributed by atoms with Gasteiger partial charge in [0.2, 0.25) is 0 Å². The Morgan fingerprint density at radius 1 is 1.19 bits per heavy atom. The molecule has 1 aliphatic rings. The number of hydrogen-bond acceptors (Lipinski definition) is 7. The number of carboxylic acid groups (broad SMARTS) is 1. The third-order valence-electron chi connectivity index (χ3n) is 4.20. The molecule has 2 N–H and O–H groups in total. The number of carboxylic acids is 1. The largest absolute Gasteiger partial charge is 0.493 e. The quantitative estimate of drug-likeness (QED) is 0.479. The second-order valence-electron chi connectivity index (χ2n) is 6.01. The van der Waals surface area contributed by atoms with Gasteiger partial charge in [0.25, 0.3) is 11.8 Å². The van der Waals surface area contributed by atoms with Crippen LogP contribution in [-0.4, -0.2) is 46.4 Å². The summed E-state index contributed by atoms with van der Waals surface area (Å²) in [6.07, 6.45) is 1.37. The average molecular weight is 479 g/mol.